The first-order chi connectivity index (χ1) is 14.3. The van der Waals surface area contributed by atoms with Crippen molar-refractivity contribution in [2.45, 2.75) is 135 Å². The summed E-state index contributed by atoms with van der Waals surface area (Å²) >= 11 is 0. The average Bonchev–Trinajstić information content (AvgIpc) is 2.69. The van der Waals surface area contributed by atoms with E-state index in [1.807, 2.05) is 0 Å². The van der Waals surface area contributed by atoms with E-state index < -0.39 is 35.7 Å². The van der Waals surface area contributed by atoms with E-state index in [2.05, 4.69) is 6.92 Å². The van der Waals surface area contributed by atoms with Crippen LogP contribution in [0, 0.1) is 0 Å². The predicted molar refractivity (Wildman–Crippen MR) is 126 cm³/mol. The fourth-order valence-electron chi connectivity index (χ4n) is 3.68. The van der Waals surface area contributed by atoms with Crippen LogP contribution in [-0.4, -0.2) is 82.3 Å². The van der Waals surface area contributed by atoms with E-state index in [4.69, 9.17) is 5.11 Å². The Kier molecular flexibility index (Phi) is 22.0. The molecule has 0 aliphatic rings. The zero-order valence-corrected chi connectivity index (χ0v) is 22.1. The van der Waals surface area contributed by atoms with Gasteiger partial charge < -0.3 is 18.2 Å². The third-order valence-electron chi connectivity index (χ3n) is 5.65. The van der Waals surface area contributed by atoms with Gasteiger partial charge in [0.2, 0.25) is 11.4 Å². The van der Waals surface area contributed by atoms with E-state index in [0.717, 1.165) is 26.2 Å². The molecule has 0 aromatic rings. The summed E-state index contributed by atoms with van der Waals surface area (Å²) in [6.45, 7) is 3.32. The number of hydrogen-bond donors (Lipinski definition) is 3. The molecule has 180 valence electrons. The number of carbonyl (C=O) groups is 3. The van der Waals surface area contributed by atoms with Crippen molar-refractivity contribution in [2.24, 2.45) is 0 Å². The number of unbranched alkanes of at least 4 members (excludes halogenated alkanes) is 14. The summed E-state index contributed by atoms with van der Waals surface area (Å²) in [6, 6.07) is 0. The van der Waals surface area contributed by atoms with Crippen LogP contribution in [0.25, 0.3) is 0 Å². The van der Waals surface area contributed by atoms with Crippen LogP contribution in [0.3, 0.4) is 0 Å². The molecule has 0 amide bonds. The third kappa shape index (κ3) is 16.3. The van der Waals surface area contributed by atoms with Gasteiger partial charge in [-0.05, 0) is 13.3 Å². The molecule has 0 bridgehead atoms. The van der Waals surface area contributed by atoms with Gasteiger partial charge in [-0.1, -0.05) is 96.8 Å². The van der Waals surface area contributed by atoms with E-state index in [9.17, 15) is 24.6 Å². The van der Waals surface area contributed by atoms with Crippen LogP contribution in [0.15, 0.2) is 0 Å². The van der Waals surface area contributed by atoms with Gasteiger partial charge in [-0.15, -0.1) is 0 Å². The summed E-state index contributed by atoms with van der Waals surface area (Å²) in [5.41, 5.74) is -2.83. The standard InChI is InChI=1S/C24H44O6.Ca.2H/c1-3-4-5-6-7-8-9-10-11-12-13-14-15-16-17-18-21(26)19-24(30,23(28)29)22(27)20(2)25;;;/h20,25,30H,3-19H2,1-2H3,(H,28,29);;;/q;+2;2*-1. The number of Topliss-reactive ketones (excluding diaryl/α,β-unsaturated/α-hetero) is 2. The number of aliphatic carboxylic acids is 1. The summed E-state index contributed by atoms with van der Waals surface area (Å²) in [5.74, 6) is -3.51. The van der Waals surface area contributed by atoms with Gasteiger partial charge in [0.25, 0.3) is 0 Å². The molecule has 0 radical (unpaired) electrons. The van der Waals surface area contributed by atoms with E-state index >= 15 is 0 Å². The minimum absolute atomic E-state index is 0. The molecule has 0 aromatic heterocycles. The van der Waals surface area contributed by atoms with Gasteiger partial charge in [0.1, 0.15) is 11.9 Å². The second kappa shape index (κ2) is 20.6. The molecule has 2 atom stereocenters. The number of ketones is 2. The zero-order chi connectivity index (χ0) is 22.8. The van der Waals surface area contributed by atoms with Crippen LogP contribution in [0.5, 0.6) is 0 Å². The topological polar surface area (TPSA) is 112 Å². The molecule has 3 N–H and O–H groups in total. The van der Waals surface area contributed by atoms with Crippen LogP contribution in [0.4, 0.5) is 0 Å². The van der Waals surface area contributed by atoms with Gasteiger partial charge in [-0.25, -0.2) is 4.79 Å². The molecule has 0 aliphatic carbocycles. The summed E-state index contributed by atoms with van der Waals surface area (Å²) in [7, 11) is 0. The van der Waals surface area contributed by atoms with Gasteiger partial charge in [0, 0.05) is 6.42 Å². The molecule has 0 aromatic carbocycles. The summed E-state index contributed by atoms with van der Waals surface area (Å²) < 4.78 is 0. The smallest absolute Gasteiger partial charge is 1.00 e. The third-order valence-corrected chi connectivity index (χ3v) is 5.65. The number of aliphatic hydroxyl groups excluding tert-OH is 1. The number of carboxylic acid groups (broad SMARTS) is 1. The molecule has 7 heteroatoms. The molecule has 0 aliphatic heterocycles. The van der Waals surface area contributed by atoms with Gasteiger partial charge in [-0.2, -0.15) is 0 Å². The normalized spacial score (nSPS) is 13.8. The van der Waals surface area contributed by atoms with E-state index in [1.54, 1.807) is 0 Å². The number of carbonyl (C=O) groups excluding carboxylic acids is 2. The second-order valence-corrected chi connectivity index (χ2v) is 8.62. The Balaban J connectivity index is -0.00000140. The molecule has 0 rings (SSSR count). The Morgan fingerprint density at radius 1 is 0.774 bits per heavy atom. The Labute approximate surface area is 221 Å². The number of rotatable bonds is 21. The molecule has 0 heterocycles. The second-order valence-electron chi connectivity index (χ2n) is 8.62. The van der Waals surface area contributed by atoms with Crippen molar-refractivity contribution in [3.05, 3.63) is 0 Å². The molecule has 6 nitrogen and oxygen atoms in total. The van der Waals surface area contributed by atoms with Crippen LogP contribution in [0.2, 0.25) is 0 Å². The monoisotopic (exact) mass is 470 g/mol. The number of aliphatic hydroxyl groups is 2. The predicted octanol–water partition coefficient (Wildman–Crippen LogP) is 4.82. The first kappa shape index (κ1) is 33.2. The molecule has 0 saturated heterocycles. The molecule has 0 fully saturated rings. The first-order valence-electron chi connectivity index (χ1n) is 12.0. The van der Waals surface area contributed by atoms with Crippen molar-refractivity contribution in [3.63, 3.8) is 0 Å². The molecular formula is C24H46CaO6. The van der Waals surface area contributed by atoms with Crippen LogP contribution < -0.4 is 0 Å². The van der Waals surface area contributed by atoms with Crippen molar-refractivity contribution in [2.75, 3.05) is 0 Å². The quantitative estimate of drug-likeness (QED) is 0.126. The molecule has 2 unspecified atom stereocenters. The van der Waals surface area contributed by atoms with Crippen LogP contribution >= 0.6 is 0 Å². The fraction of sp³-hybridized carbons (Fsp3) is 0.875. The maximum absolute atomic E-state index is 12.0. The van der Waals surface area contributed by atoms with E-state index in [-0.39, 0.29) is 47.0 Å². The van der Waals surface area contributed by atoms with Crippen molar-refractivity contribution in [3.8, 4) is 0 Å². The van der Waals surface area contributed by atoms with Crippen molar-refractivity contribution in [1.29, 1.82) is 0 Å². The Hall–Kier alpha value is -0.0103. The van der Waals surface area contributed by atoms with Crippen molar-refractivity contribution < 1.29 is 32.6 Å². The molecule has 31 heavy (non-hydrogen) atoms. The maximum Gasteiger partial charge on any atom is 2.00 e. The summed E-state index contributed by atoms with van der Waals surface area (Å²) in [6.07, 6.45) is 15.9. The van der Waals surface area contributed by atoms with Crippen LogP contribution in [0.1, 0.15) is 126 Å². The molecule has 0 saturated carbocycles. The summed E-state index contributed by atoms with van der Waals surface area (Å²) in [5, 5.41) is 28.3. The molecular weight excluding hydrogens is 424 g/mol. The van der Waals surface area contributed by atoms with E-state index in [0.29, 0.717) is 6.42 Å². The van der Waals surface area contributed by atoms with Gasteiger partial charge in [0.05, 0.1) is 6.42 Å². The number of carboxylic acids is 1. The van der Waals surface area contributed by atoms with Gasteiger partial charge in [0.15, 0.2) is 0 Å². The first-order valence-corrected chi connectivity index (χ1v) is 12.0. The minimum atomic E-state index is -2.83. The maximum atomic E-state index is 12.0. The SMILES string of the molecule is CCCCCCCCCCCCCCCCCC(=O)CC(O)(C(=O)O)C(=O)C(C)O.[Ca+2].[H-].[H-]. The van der Waals surface area contributed by atoms with Gasteiger partial charge in [-0.3, -0.25) is 9.59 Å². The Morgan fingerprint density at radius 2 is 1.13 bits per heavy atom. The largest absolute Gasteiger partial charge is 2.00 e. The summed E-state index contributed by atoms with van der Waals surface area (Å²) in [4.78, 5) is 34.9. The van der Waals surface area contributed by atoms with E-state index in [1.165, 1.54) is 70.6 Å². The van der Waals surface area contributed by atoms with Crippen molar-refractivity contribution >= 4 is 55.3 Å². The Bertz CT molecular complexity index is 505. The fourth-order valence-corrected chi connectivity index (χ4v) is 3.68. The molecule has 0 spiro atoms. The van der Waals surface area contributed by atoms with Gasteiger partial charge >= 0.3 is 43.7 Å². The van der Waals surface area contributed by atoms with Crippen molar-refractivity contribution in [1.82, 2.24) is 0 Å². The average molecular weight is 471 g/mol. The van der Waals surface area contributed by atoms with Crippen LogP contribution in [-0.2, 0) is 14.4 Å². The zero-order valence-electron chi connectivity index (χ0n) is 21.9. The Morgan fingerprint density at radius 3 is 1.45 bits per heavy atom. The minimum Gasteiger partial charge on any atom is -1.00 e. The number of hydrogen-bond acceptors (Lipinski definition) is 5.